The van der Waals surface area contributed by atoms with Gasteiger partial charge in [0, 0.05) is 51.2 Å². The van der Waals surface area contributed by atoms with Gasteiger partial charge < -0.3 is 10.6 Å². The minimum Gasteiger partial charge on any atom is -0.356 e. The quantitative estimate of drug-likeness (QED) is 0.375. The van der Waals surface area contributed by atoms with Crippen molar-refractivity contribution in [2.75, 3.05) is 20.1 Å². The molecule has 1 aromatic carbocycles. The van der Waals surface area contributed by atoms with Crippen LogP contribution in [-0.2, 0) is 13.1 Å². The Bertz CT molecular complexity index is 698. The van der Waals surface area contributed by atoms with Crippen molar-refractivity contribution in [2.24, 2.45) is 4.99 Å². The van der Waals surface area contributed by atoms with Crippen LogP contribution in [0.15, 0.2) is 47.7 Å². The molecule has 2 rings (SSSR count). The largest absolute Gasteiger partial charge is 0.356 e. The minimum atomic E-state index is 0.575. The summed E-state index contributed by atoms with van der Waals surface area (Å²) in [5.74, 6) is 0.845. The fourth-order valence-corrected chi connectivity index (χ4v) is 3.41. The van der Waals surface area contributed by atoms with Crippen molar-refractivity contribution < 1.29 is 0 Å². The molecule has 0 aliphatic heterocycles. The van der Waals surface area contributed by atoms with Crippen molar-refractivity contribution in [2.45, 2.75) is 59.3 Å². The van der Waals surface area contributed by atoms with Crippen LogP contribution in [0.25, 0.3) is 0 Å². The first kappa shape index (κ1) is 22.0. The van der Waals surface area contributed by atoms with Gasteiger partial charge in [0.15, 0.2) is 5.96 Å². The van der Waals surface area contributed by atoms with E-state index in [2.05, 4.69) is 77.6 Å². The molecule has 1 aromatic heterocycles. The number of benzene rings is 1. The molecular formula is C22H36N6. The highest BCUT2D eigenvalue weighted by Crippen LogP contribution is 2.07. The van der Waals surface area contributed by atoms with Gasteiger partial charge in [-0.1, -0.05) is 24.3 Å². The Hall–Kier alpha value is -2.34. The molecule has 0 bridgehead atoms. The fourth-order valence-electron chi connectivity index (χ4n) is 3.41. The molecule has 0 atom stereocenters. The van der Waals surface area contributed by atoms with E-state index in [1.165, 1.54) is 11.1 Å². The second kappa shape index (κ2) is 11.5. The summed E-state index contributed by atoms with van der Waals surface area (Å²) in [7, 11) is 1.82. The highest BCUT2D eigenvalue weighted by Gasteiger charge is 2.12. The number of hydrogen-bond donors (Lipinski definition) is 2. The molecule has 0 saturated heterocycles. The average Bonchev–Trinajstić information content (AvgIpc) is 3.16. The summed E-state index contributed by atoms with van der Waals surface area (Å²) < 4.78 is 1.94. The summed E-state index contributed by atoms with van der Waals surface area (Å²) in [6.45, 7) is 12.6. The van der Waals surface area contributed by atoms with Crippen LogP contribution < -0.4 is 10.6 Å². The number of aliphatic imine (C=N–C) groups is 1. The number of guanidine groups is 1. The van der Waals surface area contributed by atoms with Crippen LogP contribution >= 0.6 is 0 Å². The molecule has 2 aromatic rings. The van der Waals surface area contributed by atoms with Gasteiger partial charge in [0.05, 0.1) is 6.54 Å². The van der Waals surface area contributed by atoms with Gasteiger partial charge in [0.1, 0.15) is 0 Å². The SMILES string of the molecule is CN=C(NCCCN(C(C)C)C(C)C)NCc1cccc(Cn2cccn2)c1. The van der Waals surface area contributed by atoms with Crippen LogP contribution in [0.1, 0.15) is 45.2 Å². The molecule has 154 valence electrons. The normalized spacial score (nSPS) is 12.2. The first-order chi connectivity index (χ1) is 13.5. The molecule has 1 heterocycles. The smallest absolute Gasteiger partial charge is 0.191 e. The lowest BCUT2D eigenvalue weighted by Crippen LogP contribution is -2.41. The maximum Gasteiger partial charge on any atom is 0.191 e. The topological polar surface area (TPSA) is 57.5 Å². The zero-order valence-corrected chi connectivity index (χ0v) is 18.0. The van der Waals surface area contributed by atoms with E-state index < -0.39 is 0 Å². The number of aromatic nitrogens is 2. The lowest BCUT2D eigenvalue weighted by atomic mass is 10.1. The first-order valence-corrected chi connectivity index (χ1v) is 10.2. The van der Waals surface area contributed by atoms with Crippen molar-refractivity contribution in [3.8, 4) is 0 Å². The van der Waals surface area contributed by atoms with Crippen LogP contribution in [0.4, 0.5) is 0 Å². The Morgan fingerprint density at radius 2 is 1.86 bits per heavy atom. The van der Waals surface area contributed by atoms with Crippen LogP contribution in [0.3, 0.4) is 0 Å². The van der Waals surface area contributed by atoms with Crippen molar-refractivity contribution in [3.05, 3.63) is 53.9 Å². The van der Waals surface area contributed by atoms with Crippen LogP contribution in [0, 0.1) is 0 Å². The second-order valence-corrected chi connectivity index (χ2v) is 7.66. The number of nitrogens with zero attached hydrogens (tertiary/aromatic N) is 4. The van der Waals surface area contributed by atoms with Gasteiger partial charge in [0.25, 0.3) is 0 Å². The maximum atomic E-state index is 4.34. The third-order valence-corrected chi connectivity index (χ3v) is 4.79. The molecule has 0 radical (unpaired) electrons. The molecule has 6 heteroatoms. The lowest BCUT2D eigenvalue weighted by molar-refractivity contribution is 0.173. The van der Waals surface area contributed by atoms with Gasteiger partial charge in [-0.05, 0) is 51.3 Å². The highest BCUT2D eigenvalue weighted by molar-refractivity contribution is 5.79. The van der Waals surface area contributed by atoms with Crippen LogP contribution in [0.5, 0.6) is 0 Å². The van der Waals surface area contributed by atoms with Crippen molar-refractivity contribution in [1.29, 1.82) is 0 Å². The second-order valence-electron chi connectivity index (χ2n) is 7.66. The van der Waals surface area contributed by atoms with Gasteiger partial charge >= 0.3 is 0 Å². The van der Waals surface area contributed by atoms with Crippen molar-refractivity contribution in [1.82, 2.24) is 25.3 Å². The molecule has 0 unspecified atom stereocenters. The monoisotopic (exact) mass is 384 g/mol. The Morgan fingerprint density at radius 1 is 1.11 bits per heavy atom. The summed E-state index contributed by atoms with van der Waals surface area (Å²) in [5, 5.41) is 11.1. The number of nitrogens with one attached hydrogen (secondary N) is 2. The zero-order valence-electron chi connectivity index (χ0n) is 18.0. The van der Waals surface area contributed by atoms with Gasteiger partial charge in [0.2, 0.25) is 0 Å². The predicted molar refractivity (Wildman–Crippen MR) is 118 cm³/mol. The molecule has 0 fully saturated rings. The number of hydrogen-bond acceptors (Lipinski definition) is 3. The average molecular weight is 385 g/mol. The molecule has 28 heavy (non-hydrogen) atoms. The Kier molecular flexibility index (Phi) is 9.01. The molecule has 0 amide bonds. The van der Waals surface area contributed by atoms with E-state index in [0.717, 1.165) is 38.6 Å². The fraction of sp³-hybridized carbons (Fsp3) is 0.545. The van der Waals surface area contributed by atoms with Gasteiger partial charge in [-0.25, -0.2) is 0 Å². The molecular weight excluding hydrogens is 348 g/mol. The Labute approximate surface area is 170 Å². The van der Waals surface area contributed by atoms with E-state index in [0.29, 0.717) is 12.1 Å². The summed E-state index contributed by atoms with van der Waals surface area (Å²) >= 11 is 0. The first-order valence-electron chi connectivity index (χ1n) is 10.2. The summed E-state index contributed by atoms with van der Waals surface area (Å²) in [6, 6.07) is 11.7. The van der Waals surface area contributed by atoms with E-state index in [1.54, 1.807) is 0 Å². The Morgan fingerprint density at radius 3 is 2.50 bits per heavy atom. The lowest BCUT2D eigenvalue weighted by Gasteiger charge is -2.30. The molecule has 0 aliphatic rings. The van der Waals surface area contributed by atoms with E-state index in [9.17, 15) is 0 Å². The molecule has 0 aliphatic carbocycles. The van der Waals surface area contributed by atoms with Gasteiger partial charge in [-0.2, -0.15) is 5.10 Å². The van der Waals surface area contributed by atoms with Crippen LogP contribution in [0.2, 0.25) is 0 Å². The third-order valence-electron chi connectivity index (χ3n) is 4.79. The van der Waals surface area contributed by atoms with E-state index in [-0.39, 0.29) is 0 Å². The molecule has 6 nitrogen and oxygen atoms in total. The summed E-state index contributed by atoms with van der Waals surface area (Å²) in [6.07, 6.45) is 4.88. The molecule has 2 N–H and O–H groups in total. The van der Waals surface area contributed by atoms with Gasteiger partial charge in [-0.15, -0.1) is 0 Å². The number of rotatable bonds is 10. The highest BCUT2D eigenvalue weighted by atomic mass is 15.3. The van der Waals surface area contributed by atoms with E-state index in [1.807, 2.05) is 30.2 Å². The van der Waals surface area contributed by atoms with E-state index in [4.69, 9.17) is 0 Å². The van der Waals surface area contributed by atoms with Crippen molar-refractivity contribution >= 4 is 5.96 Å². The van der Waals surface area contributed by atoms with Crippen LogP contribution in [-0.4, -0.2) is 52.9 Å². The molecule has 0 spiro atoms. The standard InChI is InChI=1S/C22H36N6/c1-18(2)28(19(3)4)14-7-11-24-22(23-5)25-16-20-9-6-10-21(15-20)17-27-13-8-12-26-27/h6,8-10,12-13,15,18-19H,7,11,14,16-17H2,1-5H3,(H2,23,24,25). The summed E-state index contributed by atoms with van der Waals surface area (Å²) in [4.78, 5) is 6.86. The van der Waals surface area contributed by atoms with Gasteiger partial charge in [-0.3, -0.25) is 14.6 Å². The third kappa shape index (κ3) is 7.35. The zero-order chi connectivity index (χ0) is 20.4. The van der Waals surface area contributed by atoms with E-state index >= 15 is 0 Å². The minimum absolute atomic E-state index is 0.575. The molecule has 0 saturated carbocycles. The maximum absolute atomic E-state index is 4.34. The predicted octanol–water partition coefficient (Wildman–Crippen LogP) is 3.11. The Balaban J connectivity index is 1.76. The summed E-state index contributed by atoms with van der Waals surface area (Å²) in [5.41, 5.74) is 2.48. The van der Waals surface area contributed by atoms with Crippen molar-refractivity contribution in [3.63, 3.8) is 0 Å².